The molecule has 6 unspecified atom stereocenters. The summed E-state index contributed by atoms with van der Waals surface area (Å²) in [6, 6.07) is 21.2. The number of nitrogens with zero attached hydrogens (tertiary/aromatic N) is 1. The summed E-state index contributed by atoms with van der Waals surface area (Å²) < 4.78 is 5.96. The van der Waals surface area contributed by atoms with Crippen molar-refractivity contribution in [3.8, 4) is 5.75 Å². The molecule has 47 heavy (non-hydrogen) atoms. The van der Waals surface area contributed by atoms with Gasteiger partial charge in [0.05, 0.1) is 16.9 Å². The smallest absolute Gasteiger partial charge is 0.305 e. The van der Waals surface area contributed by atoms with Crippen LogP contribution >= 0.6 is 23.1 Å². The second-order valence-electron chi connectivity index (χ2n) is 12.8. The first kappa shape index (κ1) is 29.9. The molecular weight excluding hydrogens is 639 g/mol. The first-order valence-electron chi connectivity index (χ1n) is 15.7. The number of carbonyl (C=O) groups excluding carboxylic acids is 3. The number of likely N-dealkylation sites (tertiary alicyclic amines) is 1. The van der Waals surface area contributed by atoms with Crippen molar-refractivity contribution in [3.63, 3.8) is 0 Å². The van der Waals surface area contributed by atoms with Gasteiger partial charge in [-0.2, -0.15) is 0 Å². The number of nitrogens with one attached hydrogen (secondary N) is 2. The molecule has 0 spiro atoms. The van der Waals surface area contributed by atoms with Gasteiger partial charge < -0.3 is 20.1 Å². The Morgan fingerprint density at radius 1 is 0.957 bits per heavy atom. The molecule has 240 valence electrons. The molecule has 3 aromatic carbocycles. The van der Waals surface area contributed by atoms with Crippen LogP contribution < -0.4 is 14.9 Å². The molecule has 2 aliphatic carbocycles. The molecule has 2 aliphatic heterocycles. The van der Waals surface area contributed by atoms with Gasteiger partial charge in [0.2, 0.25) is 11.8 Å². The molecule has 2 bridgehead atoms. The maximum atomic E-state index is 13.7. The van der Waals surface area contributed by atoms with Gasteiger partial charge in [-0.3, -0.25) is 28.9 Å². The fraction of sp³-hybridized carbons (Fsp3) is 0.343. The molecule has 4 aromatic rings. The minimum absolute atomic E-state index is 0.0155. The number of thiazole rings is 1. The fourth-order valence-electron chi connectivity index (χ4n) is 8.47. The fourth-order valence-corrected chi connectivity index (χ4v) is 11.4. The van der Waals surface area contributed by atoms with Crippen molar-refractivity contribution in [2.24, 2.45) is 29.6 Å². The van der Waals surface area contributed by atoms with Crippen LogP contribution in [-0.4, -0.2) is 57.1 Å². The third-order valence-corrected chi connectivity index (χ3v) is 12.8. The third-order valence-electron chi connectivity index (χ3n) is 10.2. The van der Waals surface area contributed by atoms with E-state index in [2.05, 4.69) is 10.3 Å². The van der Waals surface area contributed by atoms with Crippen LogP contribution in [-0.2, 0) is 19.2 Å². The first-order valence-corrected chi connectivity index (χ1v) is 17.4. The molecule has 1 saturated heterocycles. The van der Waals surface area contributed by atoms with Gasteiger partial charge >= 0.3 is 10.8 Å². The lowest BCUT2D eigenvalue weighted by molar-refractivity contribution is -0.142. The van der Waals surface area contributed by atoms with Crippen molar-refractivity contribution in [2.75, 3.05) is 18.5 Å². The minimum Gasteiger partial charge on any atom is -0.484 e. The number of carboxylic acid groups (broad SMARTS) is 1. The lowest BCUT2D eigenvalue weighted by Crippen LogP contribution is -2.42. The predicted molar refractivity (Wildman–Crippen MR) is 177 cm³/mol. The van der Waals surface area contributed by atoms with Gasteiger partial charge in [0.15, 0.2) is 6.61 Å². The molecule has 4 aliphatic rings. The maximum absolute atomic E-state index is 13.7. The van der Waals surface area contributed by atoms with E-state index >= 15 is 0 Å². The number of aromatic amines is 1. The van der Waals surface area contributed by atoms with Crippen molar-refractivity contribution in [1.29, 1.82) is 0 Å². The van der Waals surface area contributed by atoms with Gasteiger partial charge in [0.25, 0.3) is 5.91 Å². The number of hydrogen-bond donors (Lipinski definition) is 3. The summed E-state index contributed by atoms with van der Waals surface area (Å²) >= 11 is 2.80. The van der Waals surface area contributed by atoms with E-state index in [9.17, 15) is 24.0 Å². The molecule has 8 rings (SSSR count). The monoisotopic (exact) mass is 669 g/mol. The van der Waals surface area contributed by atoms with Gasteiger partial charge in [-0.05, 0) is 71.2 Å². The SMILES string of the molecule is O=C(O)CCCN1C(=O)C2C3CC(C2C1=O)C1C3Sc2[nH]c(=O)sc2[C@@H]1c1cccc(OCC(=O)Nc2ccc3ccccc3c2)c1. The van der Waals surface area contributed by atoms with Gasteiger partial charge in [-0.1, -0.05) is 53.8 Å². The number of aromatic nitrogens is 1. The van der Waals surface area contributed by atoms with Gasteiger partial charge in [-0.25, -0.2) is 0 Å². The van der Waals surface area contributed by atoms with Crippen molar-refractivity contribution in [3.05, 3.63) is 86.8 Å². The number of anilines is 1. The van der Waals surface area contributed by atoms with E-state index in [1.54, 1.807) is 17.8 Å². The van der Waals surface area contributed by atoms with E-state index < -0.39 is 17.8 Å². The van der Waals surface area contributed by atoms with E-state index in [0.717, 1.165) is 32.7 Å². The second kappa shape index (κ2) is 11.7. The third kappa shape index (κ3) is 5.14. The highest BCUT2D eigenvalue weighted by molar-refractivity contribution is 8.00. The molecule has 1 aromatic heterocycles. The quantitative estimate of drug-likeness (QED) is 0.213. The molecule has 10 nitrogen and oxygen atoms in total. The summed E-state index contributed by atoms with van der Waals surface area (Å²) in [7, 11) is 0. The predicted octanol–water partition coefficient (Wildman–Crippen LogP) is 4.95. The Hall–Kier alpha value is -4.42. The van der Waals surface area contributed by atoms with Crippen molar-refractivity contribution < 1.29 is 29.0 Å². The van der Waals surface area contributed by atoms with Crippen LogP contribution in [0.5, 0.6) is 5.75 Å². The van der Waals surface area contributed by atoms with Gasteiger partial charge in [0, 0.05) is 34.7 Å². The normalized spacial score (nSPS) is 27.1. The zero-order chi connectivity index (χ0) is 32.4. The number of benzene rings is 3. The molecule has 3 fully saturated rings. The summed E-state index contributed by atoms with van der Waals surface area (Å²) in [5.74, 6) is -2.16. The van der Waals surface area contributed by atoms with E-state index in [0.29, 0.717) is 11.4 Å². The number of carboxylic acids is 1. The largest absolute Gasteiger partial charge is 0.484 e. The number of imide groups is 1. The highest BCUT2D eigenvalue weighted by Crippen LogP contribution is 2.68. The van der Waals surface area contributed by atoms with E-state index in [1.165, 1.54) is 16.2 Å². The molecule has 0 radical (unpaired) electrons. The molecule has 7 atom stereocenters. The van der Waals surface area contributed by atoms with Crippen LogP contribution in [0.25, 0.3) is 10.8 Å². The summed E-state index contributed by atoms with van der Waals surface area (Å²) in [6.07, 6.45) is 0.899. The first-order chi connectivity index (χ1) is 22.8. The highest BCUT2D eigenvalue weighted by Gasteiger charge is 2.69. The zero-order valence-corrected chi connectivity index (χ0v) is 26.7. The molecule has 3 amide bonds. The standard InChI is InChI=1S/C35H31N3O7S2/c39-24(36-20-11-10-17-5-1-2-6-18(17)13-20)16-45-21-8-3-7-19(14-21)26-27-22-15-23(30(27)46-32-31(26)47-35(44)37-32)29-28(22)33(42)38(34(29)43)12-4-9-25(40)41/h1-3,5-8,10-11,13-14,22-23,26-30H,4,9,12,15-16H2,(H,36,39)(H,37,44)(H,40,41)/t22?,23?,26-,27?,28?,29?,30?/m1/s1. The number of rotatable bonds is 9. The lowest BCUT2D eigenvalue weighted by Gasteiger charge is -2.43. The van der Waals surface area contributed by atoms with Crippen molar-refractivity contribution in [1.82, 2.24) is 9.88 Å². The van der Waals surface area contributed by atoms with Crippen LogP contribution in [0.1, 0.15) is 35.6 Å². The topological polar surface area (TPSA) is 146 Å². The maximum Gasteiger partial charge on any atom is 0.305 e. The Balaban J connectivity index is 1.03. The van der Waals surface area contributed by atoms with Crippen molar-refractivity contribution in [2.45, 2.75) is 35.5 Å². The Labute approximate surface area is 277 Å². The number of aliphatic carboxylic acids is 1. The van der Waals surface area contributed by atoms with Crippen LogP contribution in [0, 0.1) is 29.6 Å². The highest BCUT2D eigenvalue weighted by atomic mass is 32.2. The number of carbonyl (C=O) groups is 4. The Kier molecular flexibility index (Phi) is 7.44. The number of hydrogen-bond acceptors (Lipinski definition) is 8. The summed E-state index contributed by atoms with van der Waals surface area (Å²) in [4.78, 5) is 68.8. The summed E-state index contributed by atoms with van der Waals surface area (Å²) in [6.45, 7) is -0.0643. The number of amides is 3. The average Bonchev–Trinajstić information content (AvgIpc) is 3.79. The average molecular weight is 670 g/mol. The molecule has 2 saturated carbocycles. The summed E-state index contributed by atoms with van der Waals surface area (Å²) in [5.41, 5.74) is 1.62. The molecule has 3 heterocycles. The molecular formula is C35H31N3O7S2. The van der Waals surface area contributed by atoms with Crippen LogP contribution in [0.2, 0.25) is 0 Å². The van der Waals surface area contributed by atoms with E-state index in [4.69, 9.17) is 9.84 Å². The van der Waals surface area contributed by atoms with Crippen molar-refractivity contribution >= 4 is 63.2 Å². The zero-order valence-electron chi connectivity index (χ0n) is 25.1. The Morgan fingerprint density at radius 2 is 1.74 bits per heavy atom. The second-order valence-corrected chi connectivity index (χ2v) is 15.0. The van der Waals surface area contributed by atoms with Gasteiger partial charge in [0.1, 0.15) is 5.75 Å². The van der Waals surface area contributed by atoms with Gasteiger partial charge in [-0.15, -0.1) is 11.8 Å². The minimum atomic E-state index is -0.952. The number of H-pyrrole nitrogens is 1. The van der Waals surface area contributed by atoms with Crippen LogP contribution in [0.15, 0.2) is 76.6 Å². The number of fused-ring (bicyclic) bond motifs is 10. The molecule has 12 heteroatoms. The summed E-state index contributed by atoms with van der Waals surface area (Å²) in [5, 5.41) is 14.9. The van der Waals surface area contributed by atoms with Crippen LogP contribution in [0.3, 0.4) is 0 Å². The van der Waals surface area contributed by atoms with E-state index in [-0.39, 0.29) is 77.5 Å². The van der Waals surface area contributed by atoms with Crippen LogP contribution in [0.4, 0.5) is 5.69 Å². The number of thioether (sulfide) groups is 1. The number of ether oxygens (including phenoxy) is 1. The molecule has 3 N–H and O–H groups in total. The van der Waals surface area contributed by atoms with E-state index in [1.807, 2.05) is 60.7 Å². The Bertz CT molecular complexity index is 2010. The lowest BCUT2D eigenvalue weighted by atomic mass is 9.68. The Morgan fingerprint density at radius 3 is 2.55 bits per heavy atom.